The number of sulfonamides is 1. The minimum Gasteiger partial charge on any atom is -0.468 e. The molecule has 0 radical (unpaired) electrons. The molecule has 1 aliphatic rings. The van der Waals surface area contributed by atoms with Crippen LogP contribution in [0.3, 0.4) is 0 Å². The molecule has 3 aromatic rings. The third-order valence-corrected chi connectivity index (χ3v) is 6.37. The lowest BCUT2D eigenvalue weighted by molar-refractivity contribution is -0.117. The van der Waals surface area contributed by atoms with E-state index in [2.05, 4.69) is 10.0 Å². The number of carbonyl (C=O) groups excluding carboxylic acids is 2. The maximum absolute atomic E-state index is 12.5. The summed E-state index contributed by atoms with van der Waals surface area (Å²) in [6.07, 6.45) is 2.88. The van der Waals surface area contributed by atoms with Gasteiger partial charge in [-0.25, -0.2) is 13.1 Å². The number of hydrogen-bond donors (Lipinski definition) is 2. The molecule has 0 unspecified atom stereocenters. The van der Waals surface area contributed by atoms with E-state index in [4.69, 9.17) is 4.42 Å². The van der Waals surface area contributed by atoms with Crippen molar-refractivity contribution in [2.45, 2.75) is 24.3 Å². The van der Waals surface area contributed by atoms with Crippen molar-refractivity contribution in [1.82, 2.24) is 4.72 Å². The Morgan fingerprint density at radius 1 is 1.03 bits per heavy atom. The van der Waals surface area contributed by atoms with E-state index in [0.717, 1.165) is 12.1 Å². The van der Waals surface area contributed by atoms with Crippen LogP contribution in [0, 0.1) is 0 Å². The van der Waals surface area contributed by atoms with Crippen molar-refractivity contribution >= 4 is 33.2 Å². The van der Waals surface area contributed by atoms with Crippen LogP contribution in [0.5, 0.6) is 0 Å². The van der Waals surface area contributed by atoms with Crippen LogP contribution in [0.1, 0.15) is 29.0 Å². The van der Waals surface area contributed by atoms with Crippen LogP contribution in [0.2, 0.25) is 0 Å². The lowest BCUT2D eigenvalue weighted by Crippen LogP contribution is -2.23. The van der Waals surface area contributed by atoms with Gasteiger partial charge in [-0.15, -0.1) is 0 Å². The molecule has 9 heteroatoms. The highest BCUT2D eigenvalue weighted by molar-refractivity contribution is 7.89. The van der Waals surface area contributed by atoms with Gasteiger partial charge in [0.25, 0.3) is 5.91 Å². The smallest absolute Gasteiger partial charge is 0.255 e. The van der Waals surface area contributed by atoms with E-state index in [1.807, 2.05) is 0 Å². The molecule has 31 heavy (non-hydrogen) atoms. The normalized spacial score (nSPS) is 14.1. The van der Waals surface area contributed by atoms with E-state index in [-0.39, 0.29) is 23.3 Å². The van der Waals surface area contributed by atoms with Gasteiger partial charge in [0.05, 0.1) is 17.7 Å². The van der Waals surface area contributed by atoms with Crippen molar-refractivity contribution in [3.8, 4) is 0 Å². The molecule has 2 N–H and O–H groups in total. The summed E-state index contributed by atoms with van der Waals surface area (Å²) in [6.45, 7) is 0.743. The standard InChI is InChI=1S/C22H21N3O5S/c26-21-4-1-13-25(21)18-9-7-17(8-10-18)24-22(27)16-5-11-20(12-6-16)31(28,29)23-15-19-3-2-14-30-19/h2-3,5-12,14,23H,1,4,13,15H2,(H,24,27). The SMILES string of the molecule is O=C(Nc1ccc(N2CCCC2=O)cc1)c1ccc(S(=O)(=O)NCc2ccco2)cc1. The molecule has 1 saturated heterocycles. The van der Waals surface area contributed by atoms with Crippen LogP contribution >= 0.6 is 0 Å². The van der Waals surface area contributed by atoms with Gasteiger partial charge >= 0.3 is 0 Å². The van der Waals surface area contributed by atoms with Crippen molar-refractivity contribution in [3.05, 3.63) is 78.3 Å². The first-order valence-electron chi connectivity index (χ1n) is 9.76. The van der Waals surface area contributed by atoms with Crippen molar-refractivity contribution in [3.63, 3.8) is 0 Å². The molecule has 2 heterocycles. The quantitative estimate of drug-likeness (QED) is 0.588. The molecule has 0 spiro atoms. The molecular formula is C22H21N3O5S. The Kier molecular flexibility index (Phi) is 5.88. The molecule has 2 amide bonds. The van der Waals surface area contributed by atoms with E-state index in [1.165, 1.54) is 30.5 Å². The van der Waals surface area contributed by atoms with Gasteiger partial charge in [0, 0.05) is 29.9 Å². The average Bonchev–Trinajstić information content (AvgIpc) is 3.45. The monoisotopic (exact) mass is 439 g/mol. The van der Waals surface area contributed by atoms with Crippen LogP contribution in [0.25, 0.3) is 0 Å². The number of carbonyl (C=O) groups is 2. The van der Waals surface area contributed by atoms with Gasteiger partial charge in [-0.3, -0.25) is 9.59 Å². The number of benzene rings is 2. The number of hydrogen-bond acceptors (Lipinski definition) is 5. The van der Waals surface area contributed by atoms with E-state index in [9.17, 15) is 18.0 Å². The fourth-order valence-electron chi connectivity index (χ4n) is 3.30. The van der Waals surface area contributed by atoms with E-state index < -0.39 is 10.0 Å². The topological polar surface area (TPSA) is 109 Å². The summed E-state index contributed by atoms with van der Waals surface area (Å²) in [5.74, 6) is 0.239. The lowest BCUT2D eigenvalue weighted by Gasteiger charge is -2.16. The van der Waals surface area contributed by atoms with Gasteiger partial charge in [-0.2, -0.15) is 0 Å². The Bertz CT molecular complexity index is 1170. The van der Waals surface area contributed by atoms with Gasteiger partial charge in [0.2, 0.25) is 15.9 Å². The predicted molar refractivity (Wildman–Crippen MR) is 115 cm³/mol. The highest BCUT2D eigenvalue weighted by Crippen LogP contribution is 2.23. The van der Waals surface area contributed by atoms with Crippen LogP contribution < -0.4 is 14.9 Å². The fraction of sp³-hybridized carbons (Fsp3) is 0.182. The molecule has 1 fully saturated rings. The number of nitrogens with zero attached hydrogens (tertiary/aromatic N) is 1. The van der Waals surface area contributed by atoms with Crippen molar-refractivity contribution < 1.29 is 22.4 Å². The van der Waals surface area contributed by atoms with E-state index >= 15 is 0 Å². The summed E-state index contributed by atoms with van der Waals surface area (Å²) in [5, 5.41) is 2.77. The maximum atomic E-state index is 12.5. The third-order valence-electron chi connectivity index (χ3n) is 4.95. The second kappa shape index (κ2) is 8.75. The van der Waals surface area contributed by atoms with Gasteiger partial charge in [-0.05, 0) is 67.1 Å². The Labute approximate surface area is 179 Å². The summed E-state index contributed by atoms with van der Waals surface area (Å²) in [5.41, 5.74) is 1.71. The number of anilines is 2. The number of nitrogens with one attached hydrogen (secondary N) is 2. The van der Waals surface area contributed by atoms with Crippen LogP contribution in [-0.4, -0.2) is 26.8 Å². The zero-order valence-electron chi connectivity index (χ0n) is 16.6. The second-order valence-electron chi connectivity index (χ2n) is 7.08. The number of rotatable bonds is 7. The molecule has 0 bridgehead atoms. The summed E-state index contributed by atoms with van der Waals surface area (Å²) in [6, 6.07) is 16.1. The molecule has 160 valence electrons. The zero-order chi connectivity index (χ0) is 21.8. The summed E-state index contributed by atoms with van der Waals surface area (Å²) >= 11 is 0. The molecule has 4 rings (SSSR count). The lowest BCUT2D eigenvalue weighted by atomic mass is 10.2. The summed E-state index contributed by atoms with van der Waals surface area (Å²) in [7, 11) is -3.73. The van der Waals surface area contributed by atoms with Crippen LogP contribution in [-0.2, 0) is 21.4 Å². The zero-order valence-corrected chi connectivity index (χ0v) is 17.4. The van der Waals surface area contributed by atoms with E-state index in [0.29, 0.717) is 30.0 Å². The summed E-state index contributed by atoms with van der Waals surface area (Å²) < 4.78 is 32.3. The first-order valence-corrected chi connectivity index (χ1v) is 11.2. The maximum Gasteiger partial charge on any atom is 0.255 e. The van der Waals surface area contributed by atoms with Crippen molar-refractivity contribution in [2.75, 3.05) is 16.8 Å². The van der Waals surface area contributed by atoms with Gasteiger partial charge in [0.15, 0.2) is 0 Å². The van der Waals surface area contributed by atoms with Gasteiger partial charge in [-0.1, -0.05) is 0 Å². The number of furan rings is 1. The van der Waals surface area contributed by atoms with E-state index in [1.54, 1.807) is 41.3 Å². The van der Waals surface area contributed by atoms with Crippen molar-refractivity contribution in [1.29, 1.82) is 0 Å². The number of amides is 2. The third kappa shape index (κ3) is 4.84. The largest absolute Gasteiger partial charge is 0.468 e. The molecule has 0 atom stereocenters. The summed E-state index contributed by atoms with van der Waals surface area (Å²) in [4.78, 5) is 26.1. The van der Waals surface area contributed by atoms with Crippen LogP contribution in [0.4, 0.5) is 11.4 Å². The fourth-order valence-corrected chi connectivity index (χ4v) is 4.29. The molecule has 0 aliphatic carbocycles. The first kappa shape index (κ1) is 20.8. The predicted octanol–water partition coefficient (Wildman–Crippen LogP) is 3.14. The van der Waals surface area contributed by atoms with Gasteiger partial charge in [0.1, 0.15) is 5.76 Å². The van der Waals surface area contributed by atoms with Gasteiger partial charge < -0.3 is 14.6 Å². The second-order valence-corrected chi connectivity index (χ2v) is 8.85. The molecule has 1 aliphatic heterocycles. The average molecular weight is 439 g/mol. The molecule has 2 aromatic carbocycles. The molecule has 0 saturated carbocycles. The Hall–Kier alpha value is -3.43. The highest BCUT2D eigenvalue weighted by atomic mass is 32.2. The Balaban J connectivity index is 1.38. The highest BCUT2D eigenvalue weighted by Gasteiger charge is 2.21. The first-order chi connectivity index (χ1) is 14.9. The van der Waals surface area contributed by atoms with Crippen LogP contribution in [0.15, 0.2) is 76.2 Å². The molecule has 8 nitrogen and oxygen atoms in total. The molecular weight excluding hydrogens is 418 g/mol. The Morgan fingerprint density at radius 2 is 1.77 bits per heavy atom. The minimum atomic E-state index is -3.73. The Morgan fingerprint density at radius 3 is 2.39 bits per heavy atom. The minimum absolute atomic E-state index is 0.0383. The molecule has 1 aromatic heterocycles. The van der Waals surface area contributed by atoms with Crippen molar-refractivity contribution in [2.24, 2.45) is 0 Å².